The lowest BCUT2D eigenvalue weighted by molar-refractivity contribution is -0.128. The Hall–Kier alpha value is -2.29. The van der Waals surface area contributed by atoms with Crippen LogP contribution in [0.4, 0.5) is 0 Å². The molecule has 0 aliphatic carbocycles. The number of amides is 2. The average Bonchev–Trinajstić information content (AvgIpc) is 2.57. The number of hydrogen-bond donors (Lipinski definition) is 1. The van der Waals surface area contributed by atoms with E-state index < -0.39 is 17.2 Å². The van der Waals surface area contributed by atoms with E-state index in [1.807, 2.05) is 0 Å². The number of halogens is 2. The number of fused-ring (bicyclic) bond motifs is 1. The van der Waals surface area contributed by atoms with Gasteiger partial charge in [-0.05, 0) is 46.4 Å². The highest BCUT2D eigenvalue weighted by Crippen LogP contribution is 2.27. The Balaban J connectivity index is 2.14. The molecule has 2 aromatic rings. The van der Waals surface area contributed by atoms with Gasteiger partial charge >= 0.3 is 0 Å². The number of thiocarbonyl (C=S) groups is 1. The van der Waals surface area contributed by atoms with Gasteiger partial charge in [0, 0.05) is 11.6 Å². The predicted octanol–water partition coefficient (Wildman–Crippen LogP) is 3.02. The van der Waals surface area contributed by atoms with E-state index in [1.165, 1.54) is 29.4 Å². The van der Waals surface area contributed by atoms with Crippen LogP contribution in [0.1, 0.15) is 5.56 Å². The number of carbonyl (C=O) groups excluding carboxylic acids is 2. The lowest BCUT2D eigenvalue weighted by Gasteiger charge is -2.27. The molecule has 1 fully saturated rings. The van der Waals surface area contributed by atoms with Gasteiger partial charge in [-0.25, -0.2) is 0 Å². The van der Waals surface area contributed by atoms with Gasteiger partial charge in [0.1, 0.15) is 11.8 Å². The fourth-order valence-electron chi connectivity index (χ4n) is 2.42. The lowest BCUT2D eigenvalue weighted by Crippen LogP contribution is -2.53. The van der Waals surface area contributed by atoms with Crippen molar-refractivity contribution in [3.8, 4) is 0 Å². The quantitative estimate of drug-likeness (QED) is 0.334. The van der Waals surface area contributed by atoms with Crippen LogP contribution in [0.25, 0.3) is 17.0 Å². The first-order valence-electron chi connectivity index (χ1n) is 7.23. The van der Waals surface area contributed by atoms with Crippen LogP contribution in [0.5, 0.6) is 0 Å². The summed E-state index contributed by atoms with van der Waals surface area (Å²) in [7, 11) is 0. The van der Waals surface area contributed by atoms with Crippen molar-refractivity contribution in [2.24, 2.45) is 0 Å². The Kier molecular flexibility index (Phi) is 5.08. The minimum atomic E-state index is -0.688. The SMILES string of the molecule is C=CCN1C(=O)/C(=C/c2coc3c(Br)cc(Cl)cc3c2=O)C(=O)NC1=S. The van der Waals surface area contributed by atoms with Crippen LogP contribution in [0.2, 0.25) is 5.02 Å². The molecular formula is C17H10BrClN2O4S. The van der Waals surface area contributed by atoms with Gasteiger partial charge in [-0.1, -0.05) is 17.7 Å². The molecule has 26 heavy (non-hydrogen) atoms. The summed E-state index contributed by atoms with van der Waals surface area (Å²) in [5.74, 6) is -1.31. The van der Waals surface area contributed by atoms with Gasteiger partial charge < -0.3 is 4.42 Å². The van der Waals surface area contributed by atoms with Crippen LogP contribution in [0.15, 0.2) is 50.3 Å². The third-order valence-corrected chi connectivity index (χ3v) is 4.75. The zero-order valence-corrected chi connectivity index (χ0v) is 16.2. The summed E-state index contributed by atoms with van der Waals surface area (Å²) in [6.45, 7) is 3.68. The first-order chi connectivity index (χ1) is 12.3. The zero-order chi connectivity index (χ0) is 19.0. The molecule has 2 amide bonds. The first kappa shape index (κ1) is 18.5. The van der Waals surface area contributed by atoms with E-state index in [4.69, 9.17) is 28.2 Å². The Labute approximate surface area is 166 Å². The first-order valence-corrected chi connectivity index (χ1v) is 8.81. The molecule has 1 saturated heterocycles. The molecule has 0 bridgehead atoms. The van der Waals surface area contributed by atoms with Crippen LogP contribution in [0.3, 0.4) is 0 Å². The monoisotopic (exact) mass is 452 g/mol. The minimum absolute atomic E-state index is 0.0155. The molecule has 1 aromatic heterocycles. The highest BCUT2D eigenvalue weighted by molar-refractivity contribution is 9.10. The number of rotatable bonds is 3. The summed E-state index contributed by atoms with van der Waals surface area (Å²) in [6.07, 6.45) is 3.83. The zero-order valence-electron chi connectivity index (χ0n) is 13.0. The van der Waals surface area contributed by atoms with E-state index in [0.29, 0.717) is 15.1 Å². The maximum atomic E-state index is 12.7. The van der Waals surface area contributed by atoms with E-state index in [0.717, 1.165) is 0 Å². The summed E-state index contributed by atoms with van der Waals surface area (Å²) in [6, 6.07) is 3.05. The molecule has 0 atom stereocenters. The summed E-state index contributed by atoms with van der Waals surface area (Å²) in [4.78, 5) is 38.6. The largest absolute Gasteiger partial charge is 0.462 e. The lowest BCUT2D eigenvalue weighted by atomic mass is 10.1. The molecule has 6 nitrogen and oxygen atoms in total. The molecule has 3 rings (SSSR count). The molecule has 1 aliphatic rings. The molecule has 9 heteroatoms. The Morgan fingerprint density at radius 3 is 2.77 bits per heavy atom. The number of nitrogens with zero attached hydrogens (tertiary/aromatic N) is 1. The molecule has 0 unspecified atom stereocenters. The van der Waals surface area contributed by atoms with Crippen molar-refractivity contribution in [2.45, 2.75) is 0 Å². The Morgan fingerprint density at radius 2 is 2.08 bits per heavy atom. The van der Waals surface area contributed by atoms with Crippen LogP contribution in [0, 0.1) is 0 Å². The van der Waals surface area contributed by atoms with Crippen molar-refractivity contribution in [1.82, 2.24) is 10.2 Å². The van der Waals surface area contributed by atoms with Crippen LogP contribution >= 0.6 is 39.7 Å². The van der Waals surface area contributed by atoms with E-state index in [-0.39, 0.29) is 28.2 Å². The fourth-order valence-corrected chi connectivity index (χ4v) is 3.58. The molecule has 0 radical (unpaired) electrons. The van der Waals surface area contributed by atoms with Crippen molar-refractivity contribution in [1.29, 1.82) is 0 Å². The normalized spacial score (nSPS) is 16.3. The highest BCUT2D eigenvalue weighted by atomic mass is 79.9. The maximum absolute atomic E-state index is 12.7. The Morgan fingerprint density at radius 1 is 1.35 bits per heavy atom. The molecule has 1 aliphatic heterocycles. The van der Waals surface area contributed by atoms with Crippen molar-refractivity contribution in [3.63, 3.8) is 0 Å². The van der Waals surface area contributed by atoms with Gasteiger partial charge in [-0.2, -0.15) is 0 Å². The number of hydrogen-bond acceptors (Lipinski definition) is 5. The van der Waals surface area contributed by atoms with Crippen molar-refractivity contribution in [3.05, 3.63) is 61.9 Å². The molecule has 1 N–H and O–H groups in total. The summed E-state index contributed by atoms with van der Waals surface area (Å²) < 4.78 is 5.99. The van der Waals surface area contributed by atoms with E-state index in [1.54, 1.807) is 6.07 Å². The standard InChI is InChI=1S/C17H10BrClN2O4S/c1-2-3-21-16(24)11(15(23)20-17(21)26)4-8-7-25-14-10(13(8)22)5-9(19)6-12(14)18/h2,4-7H,1,3H2,(H,20,23,26)/b11-4+. The van der Waals surface area contributed by atoms with Gasteiger partial charge in [0.2, 0.25) is 0 Å². The topological polar surface area (TPSA) is 79.6 Å². The van der Waals surface area contributed by atoms with Gasteiger partial charge in [0.25, 0.3) is 11.8 Å². The second-order valence-electron chi connectivity index (χ2n) is 5.31. The molecule has 2 heterocycles. The number of nitrogens with one attached hydrogen (secondary N) is 1. The molecule has 0 spiro atoms. The van der Waals surface area contributed by atoms with Crippen molar-refractivity contribution < 1.29 is 14.0 Å². The minimum Gasteiger partial charge on any atom is -0.462 e. The van der Waals surface area contributed by atoms with Gasteiger partial charge in [0.05, 0.1) is 15.4 Å². The highest BCUT2D eigenvalue weighted by Gasteiger charge is 2.32. The number of carbonyl (C=O) groups is 2. The Bertz CT molecular complexity index is 1080. The second kappa shape index (κ2) is 7.14. The van der Waals surface area contributed by atoms with Crippen LogP contribution < -0.4 is 10.7 Å². The average molecular weight is 454 g/mol. The fraction of sp³-hybridized carbons (Fsp3) is 0.0588. The van der Waals surface area contributed by atoms with Crippen molar-refractivity contribution >= 4 is 73.7 Å². The van der Waals surface area contributed by atoms with E-state index in [9.17, 15) is 14.4 Å². The summed E-state index contributed by atoms with van der Waals surface area (Å²) >= 11 is 14.2. The van der Waals surface area contributed by atoms with Gasteiger partial charge in [0.15, 0.2) is 16.1 Å². The molecule has 132 valence electrons. The predicted molar refractivity (Wildman–Crippen MR) is 106 cm³/mol. The third-order valence-electron chi connectivity index (χ3n) is 3.62. The van der Waals surface area contributed by atoms with Crippen LogP contribution in [-0.2, 0) is 9.59 Å². The van der Waals surface area contributed by atoms with Gasteiger partial charge in [-0.3, -0.25) is 24.6 Å². The van der Waals surface area contributed by atoms with Crippen LogP contribution in [-0.4, -0.2) is 28.4 Å². The molecule has 0 saturated carbocycles. The second-order valence-corrected chi connectivity index (χ2v) is 6.98. The molecular weight excluding hydrogens is 444 g/mol. The smallest absolute Gasteiger partial charge is 0.265 e. The maximum Gasteiger partial charge on any atom is 0.265 e. The van der Waals surface area contributed by atoms with E-state index >= 15 is 0 Å². The summed E-state index contributed by atoms with van der Waals surface area (Å²) in [5.41, 5.74) is -0.300. The van der Waals surface area contributed by atoms with Crippen molar-refractivity contribution in [2.75, 3.05) is 6.54 Å². The molecule has 1 aromatic carbocycles. The summed E-state index contributed by atoms with van der Waals surface area (Å²) in [5, 5.41) is 2.96. The number of benzene rings is 1. The van der Waals surface area contributed by atoms with Gasteiger partial charge in [-0.15, -0.1) is 6.58 Å². The third kappa shape index (κ3) is 3.23. The van der Waals surface area contributed by atoms with E-state index in [2.05, 4.69) is 27.8 Å².